The van der Waals surface area contributed by atoms with E-state index in [-0.39, 0.29) is 23.8 Å². The van der Waals surface area contributed by atoms with Crippen LogP contribution in [0.3, 0.4) is 0 Å². The molecular weight excluding hydrogens is 366 g/mol. The normalized spacial score (nSPS) is 21.1. The zero-order valence-electron chi connectivity index (χ0n) is 14.7. The van der Waals surface area contributed by atoms with E-state index in [1.807, 2.05) is 0 Å². The largest absolute Gasteiger partial charge is 0.477 e. The Morgan fingerprint density at radius 1 is 1.38 bits per heavy atom. The number of rotatable bonds is 4. The van der Waals surface area contributed by atoms with Crippen LogP contribution in [0.1, 0.15) is 27.7 Å². The standard InChI is InChI=1S/C15H19N3O7S/c1-7(19)24-5-8-6-26-12-9(11(20)18(12)10(8)13(21)22)16-17-14(23)25-15(2,3)4/h12H,5-6H2,1-4H3,(H,17,23)(H,21,22)/b16-9-/t12-/m1/s1. The van der Waals surface area contributed by atoms with Gasteiger partial charge in [-0.05, 0) is 20.8 Å². The molecular formula is C15H19N3O7S. The highest BCUT2D eigenvalue weighted by atomic mass is 32.2. The zero-order chi connectivity index (χ0) is 19.6. The molecule has 0 aromatic rings. The smallest absolute Gasteiger partial charge is 0.428 e. The van der Waals surface area contributed by atoms with Crippen molar-refractivity contribution in [2.45, 2.75) is 38.7 Å². The van der Waals surface area contributed by atoms with Gasteiger partial charge in [-0.25, -0.2) is 15.0 Å². The molecule has 1 saturated heterocycles. The van der Waals surface area contributed by atoms with Crippen molar-refractivity contribution in [3.05, 3.63) is 11.3 Å². The Morgan fingerprint density at radius 3 is 2.58 bits per heavy atom. The van der Waals surface area contributed by atoms with E-state index in [0.717, 1.165) is 4.90 Å². The number of nitrogens with zero attached hydrogens (tertiary/aromatic N) is 2. The molecule has 0 bridgehead atoms. The maximum absolute atomic E-state index is 12.3. The van der Waals surface area contributed by atoms with Crippen molar-refractivity contribution in [2.24, 2.45) is 5.10 Å². The van der Waals surface area contributed by atoms with Crippen LogP contribution in [-0.2, 0) is 23.9 Å². The third-order valence-corrected chi connectivity index (χ3v) is 4.48. The van der Waals surface area contributed by atoms with Gasteiger partial charge in [0.1, 0.15) is 23.3 Å². The Balaban J connectivity index is 2.13. The molecule has 1 atom stereocenters. The summed E-state index contributed by atoms with van der Waals surface area (Å²) in [5.41, 5.74) is 1.53. The maximum atomic E-state index is 12.3. The minimum atomic E-state index is -1.30. The average Bonchev–Trinajstić information content (AvgIpc) is 2.50. The number of nitrogens with one attached hydrogen (secondary N) is 1. The molecule has 0 aliphatic carbocycles. The molecule has 0 aromatic heterocycles. The van der Waals surface area contributed by atoms with E-state index in [1.54, 1.807) is 20.8 Å². The summed E-state index contributed by atoms with van der Waals surface area (Å²) in [5.74, 6) is -2.25. The average molecular weight is 385 g/mol. The van der Waals surface area contributed by atoms with Gasteiger partial charge >= 0.3 is 18.0 Å². The number of carboxylic acid groups (broad SMARTS) is 1. The van der Waals surface area contributed by atoms with Gasteiger partial charge < -0.3 is 14.6 Å². The molecule has 2 amide bonds. The number of amides is 2. The summed E-state index contributed by atoms with van der Waals surface area (Å²) >= 11 is 1.24. The van der Waals surface area contributed by atoms with Crippen LogP contribution in [0.15, 0.2) is 16.4 Å². The second kappa shape index (κ2) is 7.36. The fourth-order valence-corrected chi connectivity index (χ4v) is 3.49. The fraction of sp³-hybridized carbons (Fsp3) is 0.533. The van der Waals surface area contributed by atoms with Gasteiger partial charge in [-0.3, -0.25) is 14.5 Å². The van der Waals surface area contributed by atoms with E-state index >= 15 is 0 Å². The first-order valence-corrected chi connectivity index (χ1v) is 8.66. The van der Waals surface area contributed by atoms with Crippen LogP contribution in [-0.4, -0.2) is 63.0 Å². The third-order valence-electron chi connectivity index (χ3n) is 3.22. The number of hydrogen-bond donors (Lipinski definition) is 2. The van der Waals surface area contributed by atoms with Crippen LogP contribution in [0, 0.1) is 0 Å². The lowest BCUT2D eigenvalue weighted by Crippen LogP contribution is -2.63. The number of β-lactam (4-membered cyclic amide) rings is 1. The molecule has 10 nitrogen and oxygen atoms in total. The highest BCUT2D eigenvalue weighted by molar-refractivity contribution is 8.01. The quantitative estimate of drug-likeness (QED) is 0.410. The summed E-state index contributed by atoms with van der Waals surface area (Å²) in [5, 5.41) is 12.5. The van der Waals surface area contributed by atoms with Crippen LogP contribution in [0.2, 0.25) is 0 Å². The number of carbonyl (C=O) groups excluding carboxylic acids is 3. The van der Waals surface area contributed by atoms with E-state index in [9.17, 15) is 24.3 Å². The van der Waals surface area contributed by atoms with Crippen molar-refractivity contribution in [1.82, 2.24) is 10.3 Å². The predicted octanol–water partition coefficient (Wildman–Crippen LogP) is 0.684. The summed E-state index contributed by atoms with van der Waals surface area (Å²) in [7, 11) is 0. The highest BCUT2D eigenvalue weighted by Crippen LogP contribution is 2.38. The van der Waals surface area contributed by atoms with E-state index in [2.05, 4.69) is 10.5 Å². The van der Waals surface area contributed by atoms with Crippen molar-refractivity contribution in [3.8, 4) is 0 Å². The molecule has 0 radical (unpaired) electrons. The summed E-state index contributed by atoms with van der Waals surface area (Å²) in [4.78, 5) is 47.4. The number of fused-ring (bicyclic) bond motifs is 1. The molecule has 11 heteroatoms. The minimum Gasteiger partial charge on any atom is -0.477 e. The van der Waals surface area contributed by atoms with Crippen molar-refractivity contribution in [2.75, 3.05) is 12.4 Å². The predicted molar refractivity (Wildman–Crippen MR) is 91.2 cm³/mol. The first-order chi connectivity index (χ1) is 12.0. The molecule has 1 fully saturated rings. The number of thioether (sulfide) groups is 1. The lowest BCUT2D eigenvalue weighted by molar-refractivity contribution is -0.141. The lowest BCUT2D eigenvalue weighted by Gasteiger charge is -2.44. The first-order valence-electron chi connectivity index (χ1n) is 7.61. The maximum Gasteiger partial charge on any atom is 0.428 e. The molecule has 142 valence electrons. The molecule has 0 unspecified atom stereocenters. The Morgan fingerprint density at radius 2 is 2.04 bits per heavy atom. The number of hydrogen-bond acceptors (Lipinski definition) is 8. The Labute approximate surface area is 153 Å². The number of carboxylic acids is 1. The molecule has 0 saturated carbocycles. The summed E-state index contributed by atoms with van der Waals surface area (Å²) < 4.78 is 9.86. The Bertz CT molecular complexity index is 723. The summed E-state index contributed by atoms with van der Waals surface area (Å²) in [6.07, 6.45) is -0.818. The van der Waals surface area contributed by atoms with Gasteiger partial charge in [-0.2, -0.15) is 5.10 Å². The third kappa shape index (κ3) is 4.34. The van der Waals surface area contributed by atoms with Gasteiger partial charge in [0.05, 0.1) is 0 Å². The van der Waals surface area contributed by atoms with Gasteiger partial charge in [-0.15, -0.1) is 11.8 Å². The van der Waals surface area contributed by atoms with Crippen molar-refractivity contribution >= 4 is 41.4 Å². The summed E-state index contributed by atoms with van der Waals surface area (Å²) in [6.45, 7) is 6.05. The molecule has 0 aromatic carbocycles. The van der Waals surface area contributed by atoms with Crippen LogP contribution in [0.5, 0.6) is 0 Å². The van der Waals surface area contributed by atoms with Crippen molar-refractivity contribution < 1.29 is 33.8 Å². The minimum absolute atomic E-state index is 0.0196. The van der Waals surface area contributed by atoms with Crippen molar-refractivity contribution in [3.63, 3.8) is 0 Å². The summed E-state index contributed by atoms with van der Waals surface area (Å²) in [6, 6.07) is 0. The van der Waals surface area contributed by atoms with E-state index in [1.165, 1.54) is 18.7 Å². The lowest BCUT2D eigenvalue weighted by atomic mass is 10.1. The number of carbonyl (C=O) groups is 4. The van der Waals surface area contributed by atoms with Crippen LogP contribution in [0.4, 0.5) is 4.79 Å². The Kier molecular flexibility index (Phi) is 5.59. The van der Waals surface area contributed by atoms with E-state index < -0.39 is 34.9 Å². The van der Waals surface area contributed by atoms with Gasteiger partial charge in [0.25, 0.3) is 5.91 Å². The fourth-order valence-electron chi connectivity index (χ4n) is 2.25. The van der Waals surface area contributed by atoms with Crippen LogP contribution in [0.25, 0.3) is 0 Å². The number of esters is 1. The number of ether oxygens (including phenoxy) is 2. The molecule has 2 N–H and O–H groups in total. The molecule has 26 heavy (non-hydrogen) atoms. The van der Waals surface area contributed by atoms with Crippen LogP contribution >= 0.6 is 11.8 Å². The van der Waals surface area contributed by atoms with Crippen molar-refractivity contribution in [1.29, 1.82) is 0 Å². The van der Waals surface area contributed by atoms with Gasteiger partial charge in [-0.1, -0.05) is 0 Å². The zero-order valence-corrected chi connectivity index (χ0v) is 15.5. The second-order valence-corrected chi connectivity index (χ2v) is 7.56. The molecule has 2 heterocycles. The molecule has 2 rings (SSSR count). The van der Waals surface area contributed by atoms with Gasteiger partial charge in [0.2, 0.25) is 0 Å². The first kappa shape index (κ1) is 19.8. The Hall–Kier alpha value is -2.56. The van der Waals surface area contributed by atoms with E-state index in [0.29, 0.717) is 5.57 Å². The molecule has 0 spiro atoms. The number of aliphatic carboxylic acids is 1. The van der Waals surface area contributed by atoms with E-state index in [4.69, 9.17) is 9.47 Å². The number of hydrazone groups is 1. The highest BCUT2D eigenvalue weighted by Gasteiger charge is 2.51. The second-order valence-electron chi connectivity index (χ2n) is 6.49. The molecule has 2 aliphatic heterocycles. The van der Waals surface area contributed by atoms with Crippen LogP contribution < -0.4 is 5.43 Å². The van der Waals surface area contributed by atoms with Gasteiger partial charge in [0, 0.05) is 18.2 Å². The monoisotopic (exact) mass is 385 g/mol. The molecule has 2 aliphatic rings. The van der Waals surface area contributed by atoms with Gasteiger partial charge in [0.15, 0.2) is 5.71 Å². The topological polar surface area (TPSA) is 135 Å². The SMILES string of the molecule is CC(=O)OCC1=C(C(=O)O)N2C(=O)/C(=N/NC(=O)OC(C)(C)C)[C@H]2SC1.